The smallest absolute Gasteiger partial charge is 0.248 e. The predicted molar refractivity (Wildman–Crippen MR) is 93.5 cm³/mol. The fourth-order valence-electron chi connectivity index (χ4n) is 2.83. The van der Waals surface area contributed by atoms with Crippen LogP contribution in [-0.4, -0.2) is 34.4 Å². The summed E-state index contributed by atoms with van der Waals surface area (Å²) in [4.78, 5) is 0. The molecule has 1 aromatic heterocycles. The number of allylic oxidation sites excluding steroid dienone is 1. The van der Waals surface area contributed by atoms with Crippen molar-refractivity contribution in [3.05, 3.63) is 65.7 Å². The molecular formula is C18H17N5O2. The molecule has 0 unspecified atom stereocenters. The Labute approximate surface area is 144 Å². The number of ether oxygens (including phenoxy) is 2. The highest BCUT2D eigenvalue weighted by Gasteiger charge is 2.24. The summed E-state index contributed by atoms with van der Waals surface area (Å²) in [6, 6.07) is 15.7. The van der Waals surface area contributed by atoms with Gasteiger partial charge in [0.2, 0.25) is 5.95 Å². The van der Waals surface area contributed by atoms with E-state index in [9.17, 15) is 0 Å². The van der Waals surface area contributed by atoms with Gasteiger partial charge in [0.15, 0.2) is 0 Å². The van der Waals surface area contributed by atoms with E-state index >= 15 is 0 Å². The third-order valence-electron chi connectivity index (χ3n) is 4.19. The first-order chi connectivity index (χ1) is 12.3. The fraction of sp³-hybridized carbons (Fsp3) is 0.167. The molecule has 25 heavy (non-hydrogen) atoms. The van der Waals surface area contributed by atoms with Gasteiger partial charge in [-0.05, 0) is 64.0 Å². The zero-order valence-electron chi connectivity index (χ0n) is 13.9. The summed E-state index contributed by atoms with van der Waals surface area (Å²) in [6.45, 7) is 0. The molecule has 2 heterocycles. The predicted octanol–water partition coefficient (Wildman–Crippen LogP) is 2.75. The Morgan fingerprint density at radius 1 is 0.920 bits per heavy atom. The minimum absolute atomic E-state index is 0.103. The highest BCUT2D eigenvalue weighted by Crippen LogP contribution is 2.32. The Morgan fingerprint density at radius 2 is 1.56 bits per heavy atom. The largest absolute Gasteiger partial charge is 0.497 e. The maximum atomic E-state index is 5.24. The minimum atomic E-state index is -0.103. The molecule has 0 fully saturated rings. The molecule has 7 nitrogen and oxygen atoms in total. The van der Waals surface area contributed by atoms with Crippen molar-refractivity contribution in [3.63, 3.8) is 0 Å². The summed E-state index contributed by atoms with van der Waals surface area (Å²) in [7, 11) is 3.31. The zero-order chi connectivity index (χ0) is 17.2. The van der Waals surface area contributed by atoms with E-state index in [0.717, 1.165) is 28.3 Å². The van der Waals surface area contributed by atoms with Crippen molar-refractivity contribution >= 4 is 11.6 Å². The summed E-state index contributed by atoms with van der Waals surface area (Å²) in [5.41, 5.74) is 3.06. The average molecular weight is 335 g/mol. The van der Waals surface area contributed by atoms with Gasteiger partial charge in [0.25, 0.3) is 0 Å². The highest BCUT2D eigenvalue weighted by atomic mass is 16.5. The summed E-state index contributed by atoms with van der Waals surface area (Å²) in [5.74, 6) is 2.24. The second-order valence-electron chi connectivity index (χ2n) is 5.60. The Kier molecular flexibility index (Phi) is 3.81. The summed E-state index contributed by atoms with van der Waals surface area (Å²) >= 11 is 0. The first kappa shape index (κ1) is 15.2. The van der Waals surface area contributed by atoms with Gasteiger partial charge in [-0.15, -0.1) is 0 Å². The number of tetrazole rings is 1. The van der Waals surface area contributed by atoms with E-state index in [-0.39, 0.29) is 6.04 Å². The maximum Gasteiger partial charge on any atom is 0.248 e. The molecule has 0 spiro atoms. The van der Waals surface area contributed by atoms with Gasteiger partial charge in [0.05, 0.1) is 14.2 Å². The van der Waals surface area contributed by atoms with E-state index in [4.69, 9.17) is 9.47 Å². The molecule has 0 bridgehead atoms. The average Bonchev–Trinajstić information content (AvgIpc) is 3.16. The second-order valence-corrected chi connectivity index (χ2v) is 5.60. The molecule has 0 saturated heterocycles. The molecule has 1 aliphatic heterocycles. The van der Waals surface area contributed by atoms with Gasteiger partial charge in [-0.2, -0.15) is 4.68 Å². The standard InChI is InChI=1S/C18H17N5O2/c1-24-14-7-3-12(4-8-14)16-11-17(23-18(19-16)20-21-22-23)13-5-9-15(25-2)10-6-13/h3-11,17H,1-2H3,(H,19,20,22)/t17-/m0/s1. The molecule has 0 amide bonds. The number of nitrogens with zero attached hydrogens (tertiary/aromatic N) is 4. The van der Waals surface area contributed by atoms with E-state index in [1.165, 1.54) is 0 Å². The maximum absolute atomic E-state index is 5.24. The van der Waals surface area contributed by atoms with Crippen LogP contribution in [0.3, 0.4) is 0 Å². The van der Waals surface area contributed by atoms with Crippen LogP contribution < -0.4 is 14.8 Å². The minimum Gasteiger partial charge on any atom is -0.497 e. The Balaban J connectivity index is 1.74. The van der Waals surface area contributed by atoms with Gasteiger partial charge in [-0.25, -0.2) is 0 Å². The van der Waals surface area contributed by atoms with Gasteiger partial charge in [0, 0.05) is 5.70 Å². The van der Waals surface area contributed by atoms with Crippen LogP contribution in [0.15, 0.2) is 54.6 Å². The number of hydrogen-bond acceptors (Lipinski definition) is 6. The number of anilines is 1. The quantitative estimate of drug-likeness (QED) is 0.790. The molecule has 126 valence electrons. The number of fused-ring (bicyclic) bond motifs is 1. The lowest BCUT2D eigenvalue weighted by Crippen LogP contribution is -2.20. The van der Waals surface area contributed by atoms with Crippen molar-refractivity contribution in [3.8, 4) is 11.5 Å². The van der Waals surface area contributed by atoms with E-state index in [0.29, 0.717) is 5.95 Å². The summed E-state index contributed by atoms with van der Waals surface area (Å²) in [5, 5.41) is 15.3. The third-order valence-corrected chi connectivity index (χ3v) is 4.19. The second kappa shape index (κ2) is 6.27. The van der Waals surface area contributed by atoms with Crippen molar-refractivity contribution in [1.29, 1.82) is 0 Å². The van der Waals surface area contributed by atoms with Crippen molar-refractivity contribution in [2.75, 3.05) is 19.5 Å². The van der Waals surface area contributed by atoms with Gasteiger partial charge < -0.3 is 14.8 Å². The van der Waals surface area contributed by atoms with Gasteiger partial charge in [-0.3, -0.25) is 0 Å². The number of benzene rings is 2. The number of rotatable bonds is 4. The van der Waals surface area contributed by atoms with Gasteiger partial charge in [0.1, 0.15) is 17.5 Å². The Morgan fingerprint density at radius 3 is 2.20 bits per heavy atom. The molecule has 1 N–H and O–H groups in total. The first-order valence-corrected chi connectivity index (χ1v) is 7.83. The Hall–Kier alpha value is -3.35. The van der Waals surface area contributed by atoms with E-state index in [1.54, 1.807) is 18.9 Å². The summed E-state index contributed by atoms with van der Waals surface area (Å²) < 4.78 is 12.2. The highest BCUT2D eigenvalue weighted by molar-refractivity contribution is 5.77. The topological polar surface area (TPSA) is 74.1 Å². The molecule has 4 rings (SSSR count). The molecule has 1 aliphatic rings. The van der Waals surface area contributed by atoms with Crippen LogP contribution in [0.1, 0.15) is 17.2 Å². The monoisotopic (exact) mass is 335 g/mol. The number of nitrogens with one attached hydrogen (secondary N) is 1. The van der Waals surface area contributed by atoms with E-state index < -0.39 is 0 Å². The lowest BCUT2D eigenvalue weighted by Gasteiger charge is -2.23. The summed E-state index contributed by atoms with van der Waals surface area (Å²) in [6.07, 6.45) is 2.10. The molecule has 0 radical (unpaired) electrons. The van der Waals surface area contributed by atoms with Crippen molar-refractivity contribution in [1.82, 2.24) is 20.2 Å². The van der Waals surface area contributed by atoms with Gasteiger partial charge >= 0.3 is 0 Å². The Bertz CT molecular complexity index is 900. The van der Waals surface area contributed by atoms with Crippen LogP contribution >= 0.6 is 0 Å². The van der Waals surface area contributed by atoms with Crippen molar-refractivity contribution < 1.29 is 9.47 Å². The SMILES string of the molecule is COc1ccc(C2=C[C@@H](c3ccc(OC)cc3)n3nnnc3N2)cc1. The first-order valence-electron chi connectivity index (χ1n) is 7.83. The molecule has 7 heteroatoms. The third kappa shape index (κ3) is 2.80. The molecule has 1 atom stereocenters. The molecule has 2 aromatic carbocycles. The lowest BCUT2D eigenvalue weighted by atomic mass is 10.0. The normalized spacial score (nSPS) is 15.8. The fourth-order valence-corrected chi connectivity index (χ4v) is 2.83. The van der Waals surface area contributed by atoms with Crippen molar-refractivity contribution in [2.45, 2.75) is 6.04 Å². The van der Waals surface area contributed by atoms with Crippen LogP contribution in [-0.2, 0) is 0 Å². The molecule has 0 aliphatic carbocycles. The number of methoxy groups -OCH3 is 2. The zero-order valence-corrected chi connectivity index (χ0v) is 13.9. The van der Waals surface area contributed by atoms with Crippen LogP contribution in [0.2, 0.25) is 0 Å². The number of aromatic nitrogens is 4. The van der Waals surface area contributed by atoms with Crippen LogP contribution in [0, 0.1) is 0 Å². The van der Waals surface area contributed by atoms with Crippen LogP contribution in [0.4, 0.5) is 5.95 Å². The van der Waals surface area contributed by atoms with Crippen LogP contribution in [0.25, 0.3) is 5.70 Å². The van der Waals surface area contributed by atoms with E-state index in [1.807, 2.05) is 48.5 Å². The van der Waals surface area contributed by atoms with Crippen molar-refractivity contribution in [2.24, 2.45) is 0 Å². The van der Waals surface area contributed by atoms with Gasteiger partial charge in [-0.1, -0.05) is 17.2 Å². The molecule has 3 aromatic rings. The van der Waals surface area contributed by atoms with E-state index in [2.05, 4.69) is 26.9 Å². The van der Waals surface area contributed by atoms with Crippen LogP contribution in [0.5, 0.6) is 11.5 Å². The lowest BCUT2D eigenvalue weighted by molar-refractivity contribution is 0.414. The molecular weight excluding hydrogens is 318 g/mol. The molecule has 0 saturated carbocycles. The number of hydrogen-bond donors (Lipinski definition) is 1.